The number of benzene rings is 1. The summed E-state index contributed by atoms with van der Waals surface area (Å²) in [5.74, 6) is -0.482. The van der Waals surface area contributed by atoms with Crippen LogP contribution in [0, 0.1) is 10.1 Å². The smallest absolute Gasteiger partial charge is 0.273 e. The molecule has 0 aliphatic carbocycles. The lowest BCUT2D eigenvalue weighted by Gasteiger charge is -2.04. The van der Waals surface area contributed by atoms with Crippen LogP contribution < -0.4 is 5.48 Å². The van der Waals surface area contributed by atoms with E-state index in [-0.39, 0.29) is 11.3 Å². The van der Waals surface area contributed by atoms with Gasteiger partial charge in [-0.15, -0.1) is 0 Å². The van der Waals surface area contributed by atoms with Gasteiger partial charge in [-0.3, -0.25) is 19.7 Å². The van der Waals surface area contributed by atoms with Gasteiger partial charge in [0.2, 0.25) is 0 Å². The molecular formula is C11H14N2O4. The van der Waals surface area contributed by atoms with E-state index in [4.69, 9.17) is 4.84 Å². The molecule has 1 amide bonds. The van der Waals surface area contributed by atoms with E-state index in [1.54, 1.807) is 0 Å². The van der Waals surface area contributed by atoms with Gasteiger partial charge < -0.3 is 0 Å². The topological polar surface area (TPSA) is 81.5 Å². The second-order valence-electron chi connectivity index (χ2n) is 3.44. The molecule has 1 aromatic carbocycles. The number of nitro benzene ring substituents is 1. The number of carbonyl (C=O) groups is 1. The van der Waals surface area contributed by atoms with Crippen LogP contribution in [0.1, 0.15) is 30.1 Å². The van der Waals surface area contributed by atoms with Gasteiger partial charge in [0, 0.05) is 17.7 Å². The van der Waals surface area contributed by atoms with Crippen molar-refractivity contribution in [1.29, 1.82) is 0 Å². The van der Waals surface area contributed by atoms with Crippen LogP contribution in [0.25, 0.3) is 0 Å². The zero-order valence-corrected chi connectivity index (χ0v) is 9.51. The lowest BCUT2D eigenvalue weighted by Crippen LogP contribution is -2.24. The average molecular weight is 238 g/mol. The van der Waals surface area contributed by atoms with Crippen molar-refractivity contribution < 1.29 is 14.6 Å². The minimum atomic E-state index is -0.547. The number of nitro groups is 1. The lowest BCUT2D eigenvalue weighted by molar-refractivity contribution is -0.384. The molecule has 1 aromatic rings. The van der Waals surface area contributed by atoms with Crippen molar-refractivity contribution in [3.63, 3.8) is 0 Å². The molecule has 0 aliphatic rings. The van der Waals surface area contributed by atoms with E-state index < -0.39 is 10.8 Å². The predicted molar refractivity (Wildman–Crippen MR) is 61.4 cm³/mol. The van der Waals surface area contributed by atoms with Crippen molar-refractivity contribution in [2.75, 3.05) is 6.61 Å². The normalized spacial score (nSPS) is 9.94. The number of hydrogen-bond acceptors (Lipinski definition) is 4. The Kier molecular flexibility index (Phi) is 5.09. The van der Waals surface area contributed by atoms with E-state index in [0.29, 0.717) is 6.61 Å². The van der Waals surface area contributed by atoms with Gasteiger partial charge in [0.25, 0.3) is 11.6 Å². The van der Waals surface area contributed by atoms with Gasteiger partial charge in [-0.05, 0) is 12.5 Å². The van der Waals surface area contributed by atoms with Crippen molar-refractivity contribution in [2.45, 2.75) is 19.8 Å². The monoisotopic (exact) mass is 238 g/mol. The third-order valence-electron chi connectivity index (χ3n) is 2.08. The first-order chi connectivity index (χ1) is 8.15. The quantitative estimate of drug-likeness (QED) is 0.467. The molecule has 0 spiro atoms. The largest absolute Gasteiger partial charge is 0.275 e. The molecule has 0 saturated carbocycles. The summed E-state index contributed by atoms with van der Waals surface area (Å²) in [5.41, 5.74) is 2.32. The number of rotatable bonds is 6. The summed E-state index contributed by atoms with van der Waals surface area (Å²) >= 11 is 0. The van der Waals surface area contributed by atoms with Crippen LogP contribution in [0.5, 0.6) is 0 Å². The van der Waals surface area contributed by atoms with E-state index in [1.165, 1.54) is 24.3 Å². The summed E-state index contributed by atoms with van der Waals surface area (Å²) in [4.78, 5) is 26.4. The molecule has 0 aromatic heterocycles. The van der Waals surface area contributed by atoms with Crippen molar-refractivity contribution in [1.82, 2.24) is 5.48 Å². The molecule has 0 atom stereocenters. The van der Waals surface area contributed by atoms with Gasteiger partial charge in [-0.25, -0.2) is 5.48 Å². The molecule has 0 heterocycles. The van der Waals surface area contributed by atoms with Crippen molar-refractivity contribution in [2.24, 2.45) is 0 Å². The Morgan fingerprint density at radius 1 is 1.53 bits per heavy atom. The number of unbranched alkanes of at least 4 members (excludes halogenated alkanes) is 1. The molecule has 0 fully saturated rings. The SMILES string of the molecule is CCCCONC(=O)c1cccc([N+](=O)[O-])c1. The van der Waals surface area contributed by atoms with E-state index in [2.05, 4.69) is 5.48 Å². The van der Waals surface area contributed by atoms with Crippen LogP contribution in [0.15, 0.2) is 24.3 Å². The van der Waals surface area contributed by atoms with E-state index >= 15 is 0 Å². The van der Waals surface area contributed by atoms with Crippen LogP contribution in [0.3, 0.4) is 0 Å². The molecule has 1 rings (SSSR count). The number of carbonyl (C=O) groups excluding carboxylic acids is 1. The molecule has 6 nitrogen and oxygen atoms in total. The first-order valence-corrected chi connectivity index (χ1v) is 5.31. The summed E-state index contributed by atoms with van der Waals surface area (Å²) in [6, 6.07) is 5.48. The Hall–Kier alpha value is -1.95. The third kappa shape index (κ3) is 4.20. The molecule has 17 heavy (non-hydrogen) atoms. The van der Waals surface area contributed by atoms with Gasteiger partial charge in [0.05, 0.1) is 11.5 Å². The third-order valence-corrected chi connectivity index (χ3v) is 2.08. The predicted octanol–water partition coefficient (Wildman–Crippen LogP) is 2.06. The summed E-state index contributed by atoms with van der Waals surface area (Å²) in [6.45, 7) is 2.43. The fraction of sp³-hybridized carbons (Fsp3) is 0.364. The Labute approximate surface area is 98.7 Å². The maximum Gasteiger partial charge on any atom is 0.275 e. The number of non-ortho nitro benzene ring substituents is 1. The Morgan fingerprint density at radius 2 is 2.29 bits per heavy atom. The molecular weight excluding hydrogens is 224 g/mol. The maximum atomic E-state index is 11.5. The number of amides is 1. The number of nitrogens with one attached hydrogen (secondary N) is 1. The molecule has 1 N–H and O–H groups in total. The zero-order chi connectivity index (χ0) is 12.7. The maximum absolute atomic E-state index is 11.5. The average Bonchev–Trinajstić information content (AvgIpc) is 2.34. The van der Waals surface area contributed by atoms with E-state index in [1.807, 2.05) is 6.92 Å². The minimum absolute atomic E-state index is 0.119. The van der Waals surface area contributed by atoms with Crippen molar-refractivity contribution in [3.05, 3.63) is 39.9 Å². The van der Waals surface area contributed by atoms with E-state index in [0.717, 1.165) is 12.8 Å². The summed E-state index contributed by atoms with van der Waals surface area (Å²) < 4.78 is 0. The number of hydroxylamine groups is 1. The lowest BCUT2D eigenvalue weighted by atomic mass is 10.2. The number of nitrogens with zero attached hydrogens (tertiary/aromatic N) is 1. The van der Waals surface area contributed by atoms with Crippen LogP contribution >= 0.6 is 0 Å². The van der Waals surface area contributed by atoms with Gasteiger partial charge in [0.15, 0.2) is 0 Å². The number of hydrogen-bond donors (Lipinski definition) is 1. The Balaban J connectivity index is 2.56. The molecule has 6 heteroatoms. The summed E-state index contributed by atoms with van der Waals surface area (Å²) in [6.07, 6.45) is 1.81. The first-order valence-electron chi connectivity index (χ1n) is 5.31. The Bertz CT molecular complexity index is 406. The van der Waals surface area contributed by atoms with Gasteiger partial charge in [-0.2, -0.15) is 0 Å². The van der Waals surface area contributed by atoms with Crippen LogP contribution in [-0.2, 0) is 4.84 Å². The highest BCUT2D eigenvalue weighted by Gasteiger charge is 2.10. The minimum Gasteiger partial charge on any atom is -0.273 e. The molecule has 92 valence electrons. The second kappa shape index (κ2) is 6.59. The zero-order valence-electron chi connectivity index (χ0n) is 9.51. The summed E-state index contributed by atoms with van der Waals surface area (Å²) in [5, 5.41) is 10.5. The highest BCUT2D eigenvalue weighted by Crippen LogP contribution is 2.12. The molecule has 0 unspecified atom stereocenters. The highest BCUT2D eigenvalue weighted by molar-refractivity contribution is 5.94. The molecule has 0 aliphatic heterocycles. The van der Waals surface area contributed by atoms with Gasteiger partial charge in [0.1, 0.15) is 0 Å². The Morgan fingerprint density at radius 3 is 2.94 bits per heavy atom. The summed E-state index contributed by atoms with van der Waals surface area (Å²) in [7, 11) is 0. The molecule has 0 bridgehead atoms. The first kappa shape index (κ1) is 13.1. The van der Waals surface area contributed by atoms with Crippen LogP contribution in [0.2, 0.25) is 0 Å². The van der Waals surface area contributed by atoms with Crippen LogP contribution in [0.4, 0.5) is 5.69 Å². The van der Waals surface area contributed by atoms with Crippen LogP contribution in [-0.4, -0.2) is 17.4 Å². The van der Waals surface area contributed by atoms with Gasteiger partial charge >= 0.3 is 0 Å². The van der Waals surface area contributed by atoms with Gasteiger partial charge in [-0.1, -0.05) is 19.4 Å². The fourth-order valence-corrected chi connectivity index (χ4v) is 1.15. The van der Waals surface area contributed by atoms with E-state index in [9.17, 15) is 14.9 Å². The highest BCUT2D eigenvalue weighted by atomic mass is 16.6. The fourth-order valence-electron chi connectivity index (χ4n) is 1.15. The van der Waals surface area contributed by atoms with Crippen molar-refractivity contribution >= 4 is 11.6 Å². The molecule has 0 radical (unpaired) electrons. The second-order valence-corrected chi connectivity index (χ2v) is 3.44. The standard InChI is InChI=1S/C11H14N2O4/c1-2-3-7-17-12-11(14)9-5-4-6-10(8-9)13(15)16/h4-6,8H,2-3,7H2,1H3,(H,12,14). The molecule has 0 saturated heterocycles. The van der Waals surface area contributed by atoms with Crippen molar-refractivity contribution in [3.8, 4) is 0 Å².